The number of methoxy groups -OCH3 is 1. The second kappa shape index (κ2) is 10.7. The van der Waals surface area contributed by atoms with Gasteiger partial charge < -0.3 is 9.47 Å². The first-order chi connectivity index (χ1) is 15.0. The molecule has 3 rings (SSSR count). The Labute approximate surface area is 192 Å². The van der Waals surface area contributed by atoms with Crippen molar-refractivity contribution >= 4 is 44.4 Å². The number of ether oxygens (including phenoxy) is 2. The highest BCUT2D eigenvalue weighted by molar-refractivity contribution is 9.10. The number of benzene rings is 2. The average molecular weight is 499 g/mol. The molecule has 0 aliphatic rings. The van der Waals surface area contributed by atoms with Crippen LogP contribution >= 0.6 is 27.3 Å². The second-order valence-corrected chi connectivity index (χ2v) is 8.29. The van der Waals surface area contributed by atoms with Gasteiger partial charge in [-0.05, 0) is 47.9 Å². The van der Waals surface area contributed by atoms with Crippen molar-refractivity contribution in [2.75, 3.05) is 12.4 Å². The summed E-state index contributed by atoms with van der Waals surface area (Å²) < 4.78 is 12.3. The van der Waals surface area contributed by atoms with Crippen molar-refractivity contribution in [3.05, 3.63) is 68.6 Å². The topological polar surface area (TPSA) is 97.1 Å². The van der Waals surface area contributed by atoms with E-state index in [1.165, 1.54) is 24.5 Å². The van der Waals surface area contributed by atoms with Gasteiger partial charge in [-0.1, -0.05) is 52.4 Å². The van der Waals surface area contributed by atoms with Crippen molar-refractivity contribution in [3.8, 4) is 17.6 Å². The highest BCUT2D eigenvalue weighted by Gasteiger charge is 2.13. The number of aryl methyl sites for hydroxylation is 1. The highest BCUT2D eigenvalue weighted by atomic mass is 79.9. The van der Waals surface area contributed by atoms with Crippen molar-refractivity contribution in [2.45, 2.75) is 20.0 Å². The molecule has 158 valence electrons. The number of hydrogen-bond donors (Lipinski definition) is 1. The standard InChI is InChI=1S/C22H19BrN4O3S/c1-3-20-26-27-22(31-20)25-21(28)16(12-24)9-14-7-8-18(19(11-14)29-2)30-13-15-5-4-6-17(23)10-15/h4-11H,3,13H2,1-2H3,(H,25,27,28). The predicted molar refractivity (Wildman–Crippen MR) is 123 cm³/mol. The van der Waals surface area contributed by atoms with Gasteiger partial charge in [-0.3, -0.25) is 10.1 Å². The zero-order chi connectivity index (χ0) is 22.2. The fourth-order valence-electron chi connectivity index (χ4n) is 2.61. The van der Waals surface area contributed by atoms with E-state index in [0.717, 1.165) is 21.5 Å². The van der Waals surface area contributed by atoms with Crippen LogP contribution in [0.3, 0.4) is 0 Å². The predicted octanol–water partition coefficient (Wildman–Crippen LogP) is 5.00. The Morgan fingerprint density at radius 2 is 2.10 bits per heavy atom. The molecule has 0 atom stereocenters. The minimum atomic E-state index is -0.546. The number of carbonyl (C=O) groups excluding carboxylic acids is 1. The molecule has 31 heavy (non-hydrogen) atoms. The van der Waals surface area contributed by atoms with E-state index in [1.54, 1.807) is 18.2 Å². The maximum absolute atomic E-state index is 12.4. The van der Waals surface area contributed by atoms with E-state index in [2.05, 4.69) is 31.4 Å². The Hall–Kier alpha value is -3.22. The fraction of sp³-hybridized carbons (Fsp3) is 0.182. The molecule has 7 nitrogen and oxygen atoms in total. The van der Waals surface area contributed by atoms with Crippen LogP contribution in [0.1, 0.15) is 23.1 Å². The van der Waals surface area contributed by atoms with Gasteiger partial charge in [0.05, 0.1) is 7.11 Å². The summed E-state index contributed by atoms with van der Waals surface area (Å²) in [5.41, 5.74) is 1.58. The molecule has 0 unspecified atom stereocenters. The molecule has 0 fully saturated rings. The number of halogens is 1. The summed E-state index contributed by atoms with van der Waals surface area (Å²) in [6.07, 6.45) is 2.21. The normalized spacial score (nSPS) is 11.0. The zero-order valence-electron chi connectivity index (χ0n) is 16.9. The largest absolute Gasteiger partial charge is 0.493 e. The number of carbonyl (C=O) groups is 1. The third-order valence-corrected chi connectivity index (χ3v) is 5.61. The third kappa shape index (κ3) is 6.13. The van der Waals surface area contributed by atoms with Gasteiger partial charge in [0.25, 0.3) is 5.91 Å². The van der Waals surface area contributed by atoms with Gasteiger partial charge in [0.1, 0.15) is 23.3 Å². The molecule has 0 aliphatic carbocycles. The van der Waals surface area contributed by atoms with Gasteiger partial charge in [-0.25, -0.2) is 0 Å². The molecular weight excluding hydrogens is 480 g/mol. The van der Waals surface area contributed by atoms with E-state index in [4.69, 9.17) is 9.47 Å². The Morgan fingerprint density at radius 1 is 1.26 bits per heavy atom. The van der Waals surface area contributed by atoms with Crippen LogP contribution in [0.2, 0.25) is 0 Å². The smallest absolute Gasteiger partial charge is 0.268 e. The number of nitriles is 1. The molecule has 0 radical (unpaired) electrons. The van der Waals surface area contributed by atoms with Crippen molar-refractivity contribution in [1.29, 1.82) is 5.26 Å². The van der Waals surface area contributed by atoms with E-state index in [-0.39, 0.29) is 5.57 Å². The molecule has 0 bridgehead atoms. The van der Waals surface area contributed by atoms with Gasteiger partial charge >= 0.3 is 0 Å². The number of nitrogens with zero attached hydrogens (tertiary/aromatic N) is 3. The van der Waals surface area contributed by atoms with Crippen molar-refractivity contribution in [1.82, 2.24) is 10.2 Å². The fourth-order valence-corrected chi connectivity index (χ4v) is 3.73. The van der Waals surface area contributed by atoms with Crippen molar-refractivity contribution in [2.24, 2.45) is 0 Å². The van der Waals surface area contributed by atoms with Gasteiger partial charge in [0.2, 0.25) is 5.13 Å². The van der Waals surface area contributed by atoms with E-state index in [1.807, 2.05) is 37.3 Å². The summed E-state index contributed by atoms with van der Waals surface area (Å²) in [6, 6.07) is 15.0. The highest BCUT2D eigenvalue weighted by Crippen LogP contribution is 2.30. The lowest BCUT2D eigenvalue weighted by molar-refractivity contribution is -0.112. The molecule has 0 saturated carbocycles. The first-order valence-electron chi connectivity index (χ1n) is 9.33. The van der Waals surface area contributed by atoms with E-state index in [0.29, 0.717) is 28.8 Å². The molecule has 0 spiro atoms. The molecular formula is C22H19BrN4O3S. The summed E-state index contributed by atoms with van der Waals surface area (Å²) in [7, 11) is 1.54. The maximum Gasteiger partial charge on any atom is 0.268 e. The summed E-state index contributed by atoms with van der Waals surface area (Å²) >= 11 is 4.72. The second-order valence-electron chi connectivity index (χ2n) is 6.31. The maximum atomic E-state index is 12.4. The zero-order valence-corrected chi connectivity index (χ0v) is 19.3. The van der Waals surface area contributed by atoms with Crippen LogP contribution in [0.4, 0.5) is 5.13 Å². The van der Waals surface area contributed by atoms with Crippen LogP contribution in [-0.2, 0) is 17.8 Å². The summed E-state index contributed by atoms with van der Waals surface area (Å²) in [4.78, 5) is 12.4. The number of nitrogens with one attached hydrogen (secondary N) is 1. The lowest BCUT2D eigenvalue weighted by Crippen LogP contribution is -2.13. The molecule has 9 heteroatoms. The Morgan fingerprint density at radius 3 is 2.77 bits per heavy atom. The number of amides is 1. The number of hydrogen-bond acceptors (Lipinski definition) is 7. The molecule has 3 aromatic rings. The monoisotopic (exact) mass is 498 g/mol. The Balaban J connectivity index is 1.74. The SMILES string of the molecule is CCc1nnc(NC(=O)C(C#N)=Cc2ccc(OCc3cccc(Br)c3)c(OC)c2)s1. The number of aromatic nitrogens is 2. The first kappa shape index (κ1) is 22.5. The quantitative estimate of drug-likeness (QED) is 0.346. The van der Waals surface area contributed by atoms with Gasteiger partial charge in [-0.15, -0.1) is 10.2 Å². The van der Waals surface area contributed by atoms with Gasteiger partial charge in [0, 0.05) is 4.47 Å². The van der Waals surface area contributed by atoms with Crippen LogP contribution in [0.25, 0.3) is 6.08 Å². The molecule has 2 aromatic carbocycles. The van der Waals surface area contributed by atoms with Crippen molar-refractivity contribution in [3.63, 3.8) is 0 Å². The lowest BCUT2D eigenvalue weighted by Gasteiger charge is -2.12. The molecule has 1 heterocycles. The summed E-state index contributed by atoms with van der Waals surface area (Å²) in [5.74, 6) is 0.511. The van der Waals surface area contributed by atoms with Crippen LogP contribution in [0, 0.1) is 11.3 Å². The van der Waals surface area contributed by atoms with E-state index < -0.39 is 5.91 Å². The van der Waals surface area contributed by atoms with Crippen LogP contribution in [0.5, 0.6) is 11.5 Å². The first-order valence-corrected chi connectivity index (χ1v) is 10.9. The van der Waals surface area contributed by atoms with E-state index >= 15 is 0 Å². The minimum absolute atomic E-state index is 0.0573. The lowest BCUT2D eigenvalue weighted by atomic mass is 10.1. The van der Waals surface area contributed by atoms with Crippen molar-refractivity contribution < 1.29 is 14.3 Å². The average Bonchev–Trinajstić information content (AvgIpc) is 3.23. The third-order valence-electron chi connectivity index (χ3n) is 4.14. The molecule has 0 aliphatic heterocycles. The number of anilines is 1. The molecule has 1 aromatic heterocycles. The van der Waals surface area contributed by atoms with Gasteiger partial charge in [-0.2, -0.15) is 5.26 Å². The van der Waals surface area contributed by atoms with Crippen LogP contribution in [-0.4, -0.2) is 23.2 Å². The van der Waals surface area contributed by atoms with E-state index in [9.17, 15) is 10.1 Å². The Kier molecular flexibility index (Phi) is 7.76. The van der Waals surface area contributed by atoms with Crippen LogP contribution < -0.4 is 14.8 Å². The number of rotatable bonds is 8. The van der Waals surface area contributed by atoms with Gasteiger partial charge in [0.15, 0.2) is 11.5 Å². The summed E-state index contributed by atoms with van der Waals surface area (Å²) in [5, 5.41) is 21.1. The molecule has 0 saturated heterocycles. The van der Waals surface area contributed by atoms with Crippen LogP contribution in [0.15, 0.2) is 52.5 Å². The molecule has 1 N–H and O–H groups in total. The minimum Gasteiger partial charge on any atom is -0.493 e. The summed E-state index contributed by atoms with van der Waals surface area (Å²) in [6.45, 7) is 2.32. The molecule has 1 amide bonds. The Bertz CT molecular complexity index is 1150.